The molecule has 0 bridgehead atoms. The lowest BCUT2D eigenvalue weighted by molar-refractivity contribution is -0.117. The number of aryl methyl sites for hydroxylation is 1. The summed E-state index contributed by atoms with van der Waals surface area (Å²) in [4.78, 5) is 30.5. The second kappa shape index (κ2) is 10.9. The van der Waals surface area contributed by atoms with Crippen molar-refractivity contribution in [3.05, 3.63) is 112 Å². The first-order valence-corrected chi connectivity index (χ1v) is 11.3. The van der Waals surface area contributed by atoms with Gasteiger partial charge >= 0.3 is 0 Å². The van der Waals surface area contributed by atoms with Crippen molar-refractivity contribution in [2.45, 2.75) is 19.8 Å². The van der Waals surface area contributed by atoms with E-state index in [1.165, 1.54) is 10.5 Å². The van der Waals surface area contributed by atoms with E-state index in [1.807, 2.05) is 48.5 Å². The molecule has 0 atom stereocenters. The van der Waals surface area contributed by atoms with Crippen LogP contribution in [0.25, 0.3) is 11.7 Å². The first kappa shape index (κ1) is 23.5. The molecule has 0 spiro atoms. The van der Waals surface area contributed by atoms with Gasteiger partial charge in [-0.3, -0.25) is 14.0 Å². The molecule has 1 N–H and O–H groups in total. The lowest BCUT2D eigenvalue weighted by atomic mass is 10.1. The zero-order valence-corrected chi connectivity index (χ0v) is 19.3. The minimum absolute atomic E-state index is 0.0167. The lowest BCUT2D eigenvalue weighted by Crippen LogP contribution is -2.27. The van der Waals surface area contributed by atoms with Gasteiger partial charge in [0, 0.05) is 12.7 Å². The van der Waals surface area contributed by atoms with E-state index >= 15 is 0 Å². The molecule has 0 aliphatic rings. The summed E-state index contributed by atoms with van der Waals surface area (Å²) in [6.07, 6.45) is 4.32. The number of amides is 1. The predicted molar refractivity (Wildman–Crippen MR) is 134 cm³/mol. The number of benzene rings is 2. The van der Waals surface area contributed by atoms with Crippen LogP contribution in [0.1, 0.15) is 23.6 Å². The average molecular weight is 465 g/mol. The molecule has 7 heteroatoms. The number of carbonyl (C=O) groups is 1. The van der Waals surface area contributed by atoms with E-state index in [0.717, 1.165) is 17.5 Å². The highest BCUT2D eigenvalue weighted by molar-refractivity contribution is 6.01. The number of nitrogens with one attached hydrogen (secondary N) is 1. The molecule has 7 nitrogen and oxygen atoms in total. The Bertz CT molecular complexity index is 1470. The Morgan fingerprint density at radius 2 is 1.80 bits per heavy atom. The fourth-order valence-corrected chi connectivity index (χ4v) is 3.54. The topological polar surface area (TPSA) is 96.5 Å². The van der Waals surface area contributed by atoms with E-state index in [4.69, 9.17) is 4.74 Å². The second-order valence-electron chi connectivity index (χ2n) is 7.83. The van der Waals surface area contributed by atoms with Crippen LogP contribution in [-0.4, -0.2) is 21.8 Å². The highest BCUT2D eigenvalue weighted by Crippen LogP contribution is 2.24. The molecule has 0 saturated carbocycles. The molecule has 0 saturated heterocycles. The van der Waals surface area contributed by atoms with Crippen molar-refractivity contribution in [2.24, 2.45) is 0 Å². The van der Waals surface area contributed by atoms with E-state index in [-0.39, 0.29) is 17.0 Å². The fraction of sp³-hybridized carbons (Fsp3) is 0.143. The van der Waals surface area contributed by atoms with Gasteiger partial charge in [-0.25, -0.2) is 0 Å². The molecule has 1 amide bonds. The molecule has 4 rings (SSSR count). The van der Waals surface area contributed by atoms with E-state index in [1.54, 1.807) is 36.5 Å². The smallest absolute Gasteiger partial charge is 0.269 e. The molecule has 0 unspecified atom stereocenters. The van der Waals surface area contributed by atoms with Gasteiger partial charge in [0.25, 0.3) is 11.5 Å². The molecule has 4 aromatic rings. The largest absolute Gasteiger partial charge is 0.438 e. The van der Waals surface area contributed by atoms with Crippen molar-refractivity contribution in [3.63, 3.8) is 0 Å². The van der Waals surface area contributed by atoms with Crippen LogP contribution >= 0.6 is 0 Å². The minimum atomic E-state index is -0.570. The average Bonchev–Trinajstić information content (AvgIpc) is 2.89. The molecule has 0 radical (unpaired) electrons. The van der Waals surface area contributed by atoms with Crippen LogP contribution in [0.3, 0.4) is 0 Å². The van der Waals surface area contributed by atoms with E-state index in [9.17, 15) is 14.9 Å². The summed E-state index contributed by atoms with van der Waals surface area (Å²) < 4.78 is 7.30. The van der Waals surface area contributed by atoms with Gasteiger partial charge < -0.3 is 10.1 Å². The SMILES string of the molecule is CCc1ccc(Oc2nc3ccccn3c(=O)c2/C=C(\C#N)C(=O)NCCc2ccccc2)cc1. The molecule has 174 valence electrons. The molecule has 2 heterocycles. The number of nitriles is 1. The van der Waals surface area contributed by atoms with Gasteiger partial charge in [-0.1, -0.05) is 55.5 Å². The van der Waals surface area contributed by atoms with Crippen LogP contribution < -0.4 is 15.6 Å². The van der Waals surface area contributed by atoms with Crippen molar-refractivity contribution in [3.8, 4) is 17.7 Å². The van der Waals surface area contributed by atoms with Crippen molar-refractivity contribution in [1.29, 1.82) is 5.26 Å². The first-order chi connectivity index (χ1) is 17.1. The molecule has 2 aromatic heterocycles. The van der Waals surface area contributed by atoms with Crippen molar-refractivity contribution in [2.75, 3.05) is 6.54 Å². The predicted octanol–water partition coefficient (Wildman–Crippen LogP) is 4.32. The van der Waals surface area contributed by atoms with Crippen molar-refractivity contribution >= 4 is 17.6 Å². The Morgan fingerprint density at radius 1 is 1.06 bits per heavy atom. The highest BCUT2D eigenvalue weighted by atomic mass is 16.5. The zero-order valence-electron chi connectivity index (χ0n) is 19.3. The van der Waals surface area contributed by atoms with E-state index in [2.05, 4.69) is 17.2 Å². The first-order valence-electron chi connectivity index (χ1n) is 11.3. The van der Waals surface area contributed by atoms with Crippen LogP contribution in [0.2, 0.25) is 0 Å². The number of ether oxygens (including phenoxy) is 1. The zero-order chi connectivity index (χ0) is 24.6. The Hall–Kier alpha value is -4.70. The Balaban J connectivity index is 1.66. The van der Waals surface area contributed by atoms with Gasteiger partial charge in [-0.15, -0.1) is 0 Å². The quantitative estimate of drug-likeness (QED) is 0.310. The Kier molecular flexibility index (Phi) is 7.34. The molecular weight excluding hydrogens is 440 g/mol. The number of hydrogen-bond donors (Lipinski definition) is 1. The third kappa shape index (κ3) is 5.63. The van der Waals surface area contributed by atoms with Gasteiger partial charge in [0.05, 0.1) is 0 Å². The summed E-state index contributed by atoms with van der Waals surface area (Å²) in [5.41, 5.74) is 1.96. The normalized spacial score (nSPS) is 11.1. The maximum absolute atomic E-state index is 13.3. The number of nitrogens with zero attached hydrogens (tertiary/aromatic N) is 3. The van der Waals surface area contributed by atoms with Crippen LogP contribution in [0.5, 0.6) is 11.6 Å². The van der Waals surface area contributed by atoms with Crippen LogP contribution in [0.4, 0.5) is 0 Å². The van der Waals surface area contributed by atoms with Gasteiger partial charge in [0.15, 0.2) is 0 Å². The maximum Gasteiger partial charge on any atom is 0.269 e. The fourth-order valence-electron chi connectivity index (χ4n) is 3.54. The summed E-state index contributed by atoms with van der Waals surface area (Å²) >= 11 is 0. The van der Waals surface area contributed by atoms with Gasteiger partial charge in [-0.05, 0) is 54.3 Å². The summed E-state index contributed by atoms with van der Waals surface area (Å²) in [5.74, 6) is -0.0515. The van der Waals surface area contributed by atoms with Crippen LogP contribution in [0, 0.1) is 11.3 Å². The molecular formula is C28H24N4O3. The summed E-state index contributed by atoms with van der Waals surface area (Å²) in [7, 11) is 0. The minimum Gasteiger partial charge on any atom is -0.438 e. The number of carbonyl (C=O) groups excluding carboxylic acids is 1. The number of aromatic nitrogens is 2. The molecule has 35 heavy (non-hydrogen) atoms. The third-order valence-corrected chi connectivity index (χ3v) is 5.48. The lowest BCUT2D eigenvalue weighted by Gasteiger charge is -2.11. The number of hydrogen-bond acceptors (Lipinski definition) is 5. The van der Waals surface area contributed by atoms with E-state index < -0.39 is 11.5 Å². The maximum atomic E-state index is 13.3. The van der Waals surface area contributed by atoms with Crippen LogP contribution in [-0.2, 0) is 17.6 Å². The number of rotatable bonds is 8. The Labute approximate surface area is 203 Å². The Morgan fingerprint density at radius 3 is 2.51 bits per heavy atom. The molecule has 0 aliphatic carbocycles. The second-order valence-corrected chi connectivity index (χ2v) is 7.83. The molecule has 0 aliphatic heterocycles. The van der Waals surface area contributed by atoms with Crippen LogP contribution in [0.15, 0.2) is 89.4 Å². The molecule has 2 aromatic carbocycles. The summed E-state index contributed by atoms with van der Waals surface area (Å²) in [6, 6.07) is 24.2. The summed E-state index contributed by atoms with van der Waals surface area (Å²) in [5, 5.41) is 12.4. The van der Waals surface area contributed by atoms with Gasteiger partial charge in [-0.2, -0.15) is 10.2 Å². The van der Waals surface area contributed by atoms with E-state index in [0.29, 0.717) is 24.4 Å². The van der Waals surface area contributed by atoms with Gasteiger partial charge in [0.1, 0.15) is 28.6 Å². The van der Waals surface area contributed by atoms with Crippen molar-refractivity contribution in [1.82, 2.24) is 14.7 Å². The standard InChI is InChI=1S/C28H24N4O3/c1-2-20-11-13-23(14-12-20)35-27-24(28(34)32-17-7-6-10-25(32)31-27)18-22(19-29)26(33)30-16-15-21-8-4-3-5-9-21/h3-14,17-18H,2,15-16H2,1H3,(H,30,33)/b22-18+. The third-order valence-electron chi connectivity index (χ3n) is 5.48. The highest BCUT2D eigenvalue weighted by Gasteiger charge is 2.17. The summed E-state index contributed by atoms with van der Waals surface area (Å²) in [6.45, 7) is 2.41. The van der Waals surface area contributed by atoms with Gasteiger partial charge in [0.2, 0.25) is 5.88 Å². The number of pyridine rings is 1. The molecule has 0 fully saturated rings. The number of fused-ring (bicyclic) bond motifs is 1. The monoisotopic (exact) mass is 464 g/mol. The van der Waals surface area contributed by atoms with Crippen molar-refractivity contribution < 1.29 is 9.53 Å².